The molecule has 0 aliphatic carbocycles. The first-order valence-electron chi connectivity index (χ1n) is 5.78. The molecule has 1 atom stereocenters. The zero-order chi connectivity index (χ0) is 13.1. The van der Waals surface area contributed by atoms with E-state index in [2.05, 4.69) is 10.3 Å². The predicted molar refractivity (Wildman–Crippen MR) is 67.8 cm³/mol. The fraction of sp³-hybridized carbons (Fsp3) is 0.417. The van der Waals surface area contributed by atoms with Crippen molar-refractivity contribution in [1.29, 1.82) is 5.26 Å². The van der Waals surface area contributed by atoms with Crippen molar-refractivity contribution in [3.8, 4) is 6.07 Å². The van der Waals surface area contributed by atoms with Crippen LogP contribution < -0.4 is 16.0 Å². The maximum absolute atomic E-state index is 11.0. The summed E-state index contributed by atoms with van der Waals surface area (Å²) < 4.78 is 0. The first-order valence-corrected chi connectivity index (χ1v) is 5.78. The van der Waals surface area contributed by atoms with Gasteiger partial charge in [-0.15, -0.1) is 0 Å². The number of anilines is 2. The standard InChI is InChI=1S/C12H15N5O/c1-8(18)16-10-3-5-17(7-10)12-11(14)9(6-13)2-4-15-12/h2,4,10H,3,5,7,14H2,1H3,(H,16,18). The van der Waals surface area contributed by atoms with Crippen LogP contribution in [0.4, 0.5) is 11.5 Å². The van der Waals surface area contributed by atoms with Crippen molar-refractivity contribution in [2.75, 3.05) is 23.7 Å². The first-order chi connectivity index (χ1) is 8.61. The van der Waals surface area contributed by atoms with Crippen LogP contribution in [-0.2, 0) is 4.79 Å². The summed E-state index contributed by atoms with van der Waals surface area (Å²) in [5.74, 6) is 0.593. The summed E-state index contributed by atoms with van der Waals surface area (Å²) >= 11 is 0. The Bertz CT molecular complexity index is 508. The highest BCUT2D eigenvalue weighted by molar-refractivity contribution is 5.74. The maximum atomic E-state index is 11.0. The van der Waals surface area contributed by atoms with Crippen molar-refractivity contribution in [2.45, 2.75) is 19.4 Å². The molecule has 1 aliphatic rings. The topological polar surface area (TPSA) is 95.0 Å². The average molecular weight is 245 g/mol. The number of carbonyl (C=O) groups excluding carboxylic acids is 1. The van der Waals surface area contributed by atoms with E-state index in [1.165, 1.54) is 6.92 Å². The number of rotatable bonds is 2. The van der Waals surface area contributed by atoms with E-state index in [9.17, 15) is 4.79 Å². The molecule has 18 heavy (non-hydrogen) atoms. The van der Waals surface area contributed by atoms with Crippen LogP contribution in [0.1, 0.15) is 18.9 Å². The minimum absolute atomic E-state index is 0.0337. The molecule has 6 nitrogen and oxygen atoms in total. The zero-order valence-electron chi connectivity index (χ0n) is 10.2. The molecule has 1 fully saturated rings. The lowest BCUT2D eigenvalue weighted by atomic mass is 10.2. The van der Waals surface area contributed by atoms with Crippen LogP contribution in [0.25, 0.3) is 0 Å². The molecule has 2 rings (SSSR count). The highest BCUT2D eigenvalue weighted by Crippen LogP contribution is 2.26. The molecule has 3 N–H and O–H groups in total. The Morgan fingerprint density at radius 3 is 3.17 bits per heavy atom. The first kappa shape index (κ1) is 12.2. The number of carbonyl (C=O) groups is 1. The minimum atomic E-state index is -0.0337. The summed E-state index contributed by atoms with van der Waals surface area (Å²) in [7, 11) is 0. The van der Waals surface area contributed by atoms with Crippen molar-refractivity contribution in [3.05, 3.63) is 17.8 Å². The van der Waals surface area contributed by atoms with Crippen molar-refractivity contribution in [2.24, 2.45) is 0 Å². The largest absolute Gasteiger partial charge is 0.395 e. The predicted octanol–water partition coefficient (Wildman–Crippen LogP) is 0.250. The smallest absolute Gasteiger partial charge is 0.217 e. The second kappa shape index (κ2) is 4.92. The molecule has 1 amide bonds. The molecule has 2 heterocycles. The molecule has 1 aliphatic heterocycles. The SMILES string of the molecule is CC(=O)NC1CCN(c2nccc(C#N)c2N)C1. The number of amides is 1. The highest BCUT2D eigenvalue weighted by Gasteiger charge is 2.25. The third kappa shape index (κ3) is 2.35. The van der Waals surface area contributed by atoms with E-state index in [0.29, 0.717) is 23.6 Å². The lowest BCUT2D eigenvalue weighted by Crippen LogP contribution is -2.35. The van der Waals surface area contributed by atoms with Crippen LogP contribution >= 0.6 is 0 Å². The summed E-state index contributed by atoms with van der Waals surface area (Å²) in [6, 6.07) is 3.76. The summed E-state index contributed by atoms with van der Waals surface area (Å²) in [6.45, 7) is 2.95. The van der Waals surface area contributed by atoms with Crippen molar-refractivity contribution >= 4 is 17.4 Å². The molecule has 1 aromatic heterocycles. The Hall–Kier alpha value is -2.29. The molecule has 0 bridgehead atoms. The van der Waals surface area contributed by atoms with Gasteiger partial charge in [-0.1, -0.05) is 0 Å². The lowest BCUT2D eigenvalue weighted by Gasteiger charge is -2.19. The van der Waals surface area contributed by atoms with Gasteiger partial charge in [-0.2, -0.15) is 5.26 Å². The van der Waals surface area contributed by atoms with Crippen LogP contribution in [0.3, 0.4) is 0 Å². The number of hydrogen-bond acceptors (Lipinski definition) is 5. The Morgan fingerprint density at radius 1 is 1.72 bits per heavy atom. The molecule has 94 valence electrons. The zero-order valence-corrected chi connectivity index (χ0v) is 10.2. The van der Waals surface area contributed by atoms with E-state index in [4.69, 9.17) is 11.0 Å². The van der Waals surface area contributed by atoms with E-state index >= 15 is 0 Å². The Balaban J connectivity index is 2.15. The Morgan fingerprint density at radius 2 is 2.50 bits per heavy atom. The summed E-state index contributed by atoms with van der Waals surface area (Å²) in [4.78, 5) is 17.2. The molecule has 1 unspecified atom stereocenters. The van der Waals surface area contributed by atoms with E-state index in [1.54, 1.807) is 12.3 Å². The van der Waals surface area contributed by atoms with Crippen LogP contribution in [0, 0.1) is 11.3 Å². The normalized spacial score (nSPS) is 18.4. The summed E-state index contributed by atoms with van der Waals surface area (Å²) in [5, 5.41) is 11.8. The highest BCUT2D eigenvalue weighted by atomic mass is 16.1. The van der Waals surface area contributed by atoms with E-state index < -0.39 is 0 Å². The second-order valence-corrected chi connectivity index (χ2v) is 4.34. The summed E-state index contributed by atoms with van der Waals surface area (Å²) in [5.41, 5.74) is 6.75. The monoisotopic (exact) mass is 245 g/mol. The van der Waals surface area contributed by atoms with Gasteiger partial charge >= 0.3 is 0 Å². The van der Waals surface area contributed by atoms with Crippen LogP contribution in [0.2, 0.25) is 0 Å². The van der Waals surface area contributed by atoms with Crippen molar-refractivity contribution < 1.29 is 4.79 Å². The van der Waals surface area contributed by atoms with Crippen LogP contribution in [-0.4, -0.2) is 30.0 Å². The molecule has 1 saturated heterocycles. The van der Waals surface area contributed by atoms with Gasteiger partial charge in [0.1, 0.15) is 6.07 Å². The number of nitriles is 1. The molecule has 0 radical (unpaired) electrons. The molecule has 6 heteroatoms. The lowest BCUT2D eigenvalue weighted by molar-refractivity contribution is -0.119. The van der Waals surface area contributed by atoms with Gasteiger partial charge in [-0.05, 0) is 12.5 Å². The number of hydrogen-bond donors (Lipinski definition) is 2. The van der Waals surface area contributed by atoms with Gasteiger partial charge in [0.05, 0.1) is 11.3 Å². The average Bonchev–Trinajstić information content (AvgIpc) is 2.76. The van der Waals surface area contributed by atoms with Gasteiger partial charge in [0.25, 0.3) is 0 Å². The summed E-state index contributed by atoms with van der Waals surface area (Å²) in [6.07, 6.45) is 2.44. The van der Waals surface area contributed by atoms with Gasteiger partial charge in [0.2, 0.25) is 5.91 Å². The Labute approximate surface area is 105 Å². The molecule has 0 aromatic carbocycles. The molecule has 1 aromatic rings. The van der Waals surface area contributed by atoms with E-state index in [-0.39, 0.29) is 11.9 Å². The molecular formula is C12H15N5O. The minimum Gasteiger partial charge on any atom is -0.395 e. The number of pyridine rings is 1. The third-order valence-corrected chi connectivity index (χ3v) is 2.98. The van der Waals surface area contributed by atoms with Gasteiger partial charge in [-0.3, -0.25) is 4.79 Å². The number of aromatic nitrogens is 1. The molecule has 0 spiro atoms. The van der Waals surface area contributed by atoms with Gasteiger partial charge in [0, 0.05) is 32.3 Å². The number of nitrogen functional groups attached to an aromatic ring is 1. The molecular weight excluding hydrogens is 230 g/mol. The van der Waals surface area contributed by atoms with E-state index in [0.717, 1.165) is 13.0 Å². The number of nitrogens with one attached hydrogen (secondary N) is 1. The van der Waals surface area contributed by atoms with Crippen molar-refractivity contribution in [3.63, 3.8) is 0 Å². The number of nitrogens with two attached hydrogens (primary N) is 1. The third-order valence-electron chi connectivity index (χ3n) is 2.98. The van der Waals surface area contributed by atoms with E-state index in [1.807, 2.05) is 11.0 Å². The second-order valence-electron chi connectivity index (χ2n) is 4.34. The number of nitrogens with zero attached hydrogens (tertiary/aromatic N) is 3. The van der Waals surface area contributed by atoms with Crippen LogP contribution in [0.5, 0.6) is 0 Å². The fourth-order valence-corrected chi connectivity index (χ4v) is 2.17. The fourth-order valence-electron chi connectivity index (χ4n) is 2.17. The van der Waals surface area contributed by atoms with Crippen molar-refractivity contribution in [1.82, 2.24) is 10.3 Å². The Kier molecular flexibility index (Phi) is 3.33. The maximum Gasteiger partial charge on any atom is 0.217 e. The van der Waals surface area contributed by atoms with Crippen LogP contribution in [0.15, 0.2) is 12.3 Å². The quantitative estimate of drug-likeness (QED) is 0.778. The van der Waals surface area contributed by atoms with Gasteiger partial charge < -0.3 is 16.0 Å². The van der Waals surface area contributed by atoms with Gasteiger partial charge in [0.15, 0.2) is 5.82 Å². The van der Waals surface area contributed by atoms with Gasteiger partial charge in [-0.25, -0.2) is 4.98 Å². The molecule has 0 saturated carbocycles.